The van der Waals surface area contributed by atoms with E-state index in [0.717, 1.165) is 4.90 Å². The van der Waals surface area contributed by atoms with Crippen molar-refractivity contribution in [3.8, 4) is 17.2 Å². The maximum Gasteiger partial charge on any atom is 0.261 e. The second kappa shape index (κ2) is 8.54. The lowest BCUT2D eigenvalue weighted by Gasteiger charge is -2.48. The molecule has 5 rings (SSSR count). The molecule has 0 N–H and O–H groups in total. The molecule has 0 aliphatic carbocycles. The van der Waals surface area contributed by atoms with Crippen molar-refractivity contribution in [1.29, 1.82) is 0 Å². The van der Waals surface area contributed by atoms with Gasteiger partial charge >= 0.3 is 0 Å². The molecule has 2 atom stereocenters. The number of fused-ring (bicyclic) bond motifs is 3. The number of carbonyl (C=O) groups excluding carboxylic acids is 4. The van der Waals surface area contributed by atoms with Crippen LogP contribution in [0.15, 0.2) is 24.3 Å². The summed E-state index contributed by atoms with van der Waals surface area (Å²) < 4.78 is 17.2. The Morgan fingerprint density at radius 2 is 1.47 bits per heavy atom. The molecule has 188 valence electrons. The molecule has 2 aromatic rings. The maximum absolute atomic E-state index is 13.4. The van der Waals surface area contributed by atoms with Crippen LogP contribution in [0, 0.1) is 6.92 Å². The number of ether oxygens (including phenoxy) is 3. The first kappa shape index (κ1) is 23.7. The number of benzene rings is 2. The highest BCUT2D eigenvalue weighted by Crippen LogP contribution is 2.51. The van der Waals surface area contributed by atoms with Crippen LogP contribution in [0.1, 0.15) is 43.4 Å². The van der Waals surface area contributed by atoms with Gasteiger partial charge in [0.05, 0.1) is 51.6 Å². The summed E-state index contributed by atoms with van der Waals surface area (Å²) in [6, 6.07) is 4.95. The summed E-state index contributed by atoms with van der Waals surface area (Å²) in [7, 11) is 6.11. The van der Waals surface area contributed by atoms with Crippen LogP contribution in [-0.2, 0) is 16.0 Å². The van der Waals surface area contributed by atoms with E-state index in [1.165, 1.54) is 31.1 Å². The molecular formula is C26H27N3O7. The average molecular weight is 494 g/mol. The van der Waals surface area contributed by atoms with Crippen molar-refractivity contribution >= 4 is 23.6 Å². The molecular weight excluding hydrogens is 466 g/mol. The lowest BCUT2D eigenvalue weighted by atomic mass is 9.83. The third-order valence-corrected chi connectivity index (χ3v) is 7.30. The van der Waals surface area contributed by atoms with Crippen molar-refractivity contribution in [3.05, 3.63) is 52.1 Å². The van der Waals surface area contributed by atoms with Crippen LogP contribution >= 0.6 is 0 Å². The van der Waals surface area contributed by atoms with Gasteiger partial charge in [-0.15, -0.1) is 0 Å². The Morgan fingerprint density at radius 3 is 2.03 bits per heavy atom. The number of imide groups is 1. The molecule has 0 aromatic heterocycles. The minimum Gasteiger partial charge on any atom is -0.496 e. The highest BCUT2D eigenvalue weighted by atomic mass is 16.5. The summed E-state index contributed by atoms with van der Waals surface area (Å²) in [6.45, 7) is 1.57. The van der Waals surface area contributed by atoms with Crippen molar-refractivity contribution in [1.82, 2.24) is 14.7 Å². The third-order valence-electron chi connectivity index (χ3n) is 7.30. The zero-order chi connectivity index (χ0) is 25.9. The van der Waals surface area contributed by atoms with Crippen LogP contribution in [0.2, 0.25) is 0 Å². The Labute approximate surface area is 208 Å². The lowest BCUT2D eigenvalue weighted by Crippen LogP contribution is -2.63. The molecule has 10 nitrogen and oxygen atoms in total. The first-order valence-electron chi connectivity index (χ1n) is 11.6. The van der Waals surface area contributed by atoms with Crippen LogP contribution in [-0.4, -0.2) is 85.8 Å². The van der Waals surface area contributed by atoms with Crippen LogP contribution in [0.25, 0.3) is 0 Å². The molecule has 3 aliphatic heterocycles. The van der Waals surface area contributed by atoms with Gasteiger partial charge in [0.1, 0.15) is 11.8 Å². The minimum absolute atomic E-state index is 0.105. The third kappa shape index (κ3) is 3.16. The molecule has 0 radical (unpaired) electrons. The molecule has 36 heavy (non-hydrogen) atoms. The number of methoxy groups -OCH3 is 3. The minimum atomic E-state index is -0.843. The zero-order valence-corrected chi connectivity index (χ0v) is 20.8. The van der Waals surface area contributed by atoms with Gasteiger partial charge in [-0.1, -0.05) is 12.1 Å². The quantitative estimate of drug-likeness (QED) is 0.583. The number of likely N-dealkylation sites (N-methyl/N-ethyl adjacent to an activating group) is 1. The summed E-state index contributed by atoms with van der Waals surface area (Å²) in [5.41, 5.74) is 2.55. The molecule has 0 unspecified atom stereocenters. The molecule has 0 spiro atoms. The molecule has 0 bridgehead atoms. The largest absolute Gasteiger partial charge is 0.496 e. The normalized spacial score (nSPS) is 20.9. The molecule has 3 heterocycles. The molecule has 1 fully saturated rings. The van der Waals surface area contributed by atoms with Gasteiger partial charge in [-0.25, -0.2) is 0 Å². The second-order valence-electron chi connectivity index (χ2n) is 9.11. The fraction of sp³-hybridized carbons (Fsp3) is 0.385. The first-order chi connectivity index (χ1) is 17.2. The van der Waals surface area contributed by atoms with Crippen LogP contribution < -0.4 is 14.2 Å². The number of piperazine rings is 1. The summed E-state index contributed by atoms with van der Waals surface area (Å²) in [4.78, 5) is 57.2. The maximum atomic E-state index is 13.4. The number of amides is 4. The molecule has 4 amide bonds. The van der Waals surface area contributed by atoms with Gasteiger partial charge in [0.15, 0.2) is 11.5 Å². The summed E-state index contributed by atoms with van der Waals surface area (Å²) in [5.74, 6) is -0.0774. The standard InChI is InChI=1S/C26H27N3O7/c1-13-21(34-3)16-10-17-26(33)27(2)12-19(30)29(17)18(20(16)23(36-5)22(13)35-4)11-28-24(31)14-8-6-7-9-15(14)25(28)32/h6-9,17-18H,10-12H2,1-5H3/t17-,18-/m0/s1. The van der Waals surface area contributed by atoms with Gasteiger partial charge in [-0.05, 0) is 19.1 Å². The fourth-order valence-electron chi connectivity index (χ4n) is 5.74. The van der Waals surface area contributed by atoms with E-state index in [4.69, 9.17) is 14.2 Å². The highest BCUT2D eigenvalue weighted by Gasteiger charge is 2.50. The highest BCUT2D eigenvalue weighted by molar-refractivity contribution is 6.21. The molecule has 3 aliphatic rings. The average Bonchev–Trinajstić information content (AvgIpc) is 3.11. The Balaban J connectivity index is 1.72. The number of hydrogen-bond donors (Lipinski definition) is 0. The van der Waals surface area contributed by atoms with E-state index in [1.807, 2.05) is 6.92 Å². The molecule has 2 aromatic carbocycles. The Bertz CT molecular complexity index is 1290. The number of hydrogen-bond acceptors (Lipinski definition) is 7. The summed E-state index contributed by atoms with van der Waals surface area (Å²) >= 11 is 0. The number of nitrogens with zero attached hydrogens (tertiary/aromatic N) is 3. The van der Waals surface area contributed by atoms with Crippen molar-refractivity contribution in [2.75, 3.05) is 41.5 Å². The van der Waals surface area contributed by atoms with E-state index in [1.54, 1.807) is 31.3 Å². The first-order valence-corrected chi connectivity index (χ1v) is 11.6. The SMILES string of the molecule is COc1c(C)c(OC)c(OC)c2c1C[C@H]1C(=O)N(C)CC(=O)N1[C@H]2CN1C(=O)c2ccccc2C1=O. The number of rotatable bonds is 5. The van der Waals surface area contributed by atoms with E-state index in [0.29, 0.717) is 45.1 Å². The van der Waals surface area contributed by atoms with Gasteiger partial charge in [-0.2, -0.15) is 0 Å². The van der Waals surface area contributed by atoms with Crippen molar-refractivity contribution in [2.45, 2.75) is 25.4 Å². The Kier molecular flexibility index (Phi) is 5.61. The Hall–Kier alpha value is -4.08. The van der Waals surface area contributed by atoms with Crippen LogP contribution in [0.5, 0.6) is 17.2 Å². The van der Waals surface area contributed by atoms with E-state index in [2.05, 4.69) is 0 Å². The molecule has 1 saturated heterocycles. The number of carbonyl (C=O) groups is 4. The fourth-order valence-corrected chi connectivity index (χ4v) is 5.74. The van der Waals surface area contributed by atoms with Crippen molar-refractivity contribution < 1.29 is 33.4 Å². The van der Waals surface area contributed by atoms with E-state index in [-0.39, 0.29) is 31.3 Å². The van der Waals surface area contributed by atoms with Crippen molar-refractivity contribution in [2.24, 2.45) is 0 Å². The lowest BCUT2D eigenvalue weighted by molar-refractivity contribution is -0.158. The zero-order valence-electron chi connectivity index (χ0n) is 20.8. The van der Waals surface area contributed by atoms with E-state index >= 15 is 0 Å². The van der Waals surface area contributed by atoms with Crippen LogP contribution in [0.4, 0.5) is 0 Å². The van der Waals surface area contributed by atoms with Crippen molar-refractivity contribution in [3.63, 3.8) is 0 Å². The van der Waals surface area contributed by atoms with Crippen LogP contribution in [0.3, 0.4) is 0 Å². The predicted molar refractivity (Wildman–Crippen MR) is 127 cm³/mol. The monoisotopic (exact) mass is 493 g/mol. The smallest absolute Gasteiger partial charge is 0.261 e. The van der Waals surface area contributed by atoms with E-state index in [9.17, 15) is 19.2 Å². The van der Waals surface area contributed by atoms with Gasteiger partial charge in [0.25, 0.3) is 11.8 Å². The topological polar surface area (TPSA) is 106 Å². The summed E-state index contributed by atoms with van der Waals surface area (Å²) in [5, 5.41) is 0. The molecule has 10 heteroatoms. The van der Waals surface area contributed by atoms with Gasteiger partial charge in [0.2, 0.25) is 11.8 Å². The van der Waals surface area contributed by atoms with E-state index < -0.39 is 23.9 Å². The molecule has 0 saturated carbocycles. The predicted octanol–water partition coefficient (Wildman–Crippen LogP) is 1.58. The van der Waals surface area contributed by atoms with Gasteiger partial charge < -0.3 is 24.0 Å². The second-order valence-corrected chi connectivity index (χ2v) is 9.11. The summed E-state index contributed by atoms with van der Waals surface area (Å²) in [6.07, 6.45) is 0.202. The van der Waals surface area contributed by atoms with Gasteiger partial charge in [0, 0.05) is 30.2 Å². The Morgan fingerprint density at radius 1 is 0.889 bits per heavy atom. The van der Waals surface area contributed by atoms with Gasteiger partial charge in [-0.3, -0.25) is 24.1 Å².